The first-order valence-corrected chi connectivity index (χ1v) is 19.2. The van der Waals surface area contributed by atoms with Crippen LogP contribution in [0.5, 0.6) is 23.0 Å². The van der Waals surface area contributed by atoms with E-state index < -0.39 is 0 Å². The lowest BCUT2D eigenvalue weighted by Gasteiger charge is -2.40. The van der Waals surface area contributed by atoms with Crippen molar-refractivity contribution >= 4 is 34.1 Å². The minimum atomic E-state index is 0.233. The number of nitrogens with zero attached hydrogens (tertiary/aromatic N) is 4. The average Bonchev–Trinajstić information content (AvgIpc) is 3.27. The topological polar surface area (TPSA) is 72.5 Å². The smallest absolute Gasteiger partial charge is 0.151 e. The summed E-state index contributed by atoms with van der Waals surface area (Å²) >= 11 is 0. The SMILES string of the molecule is N#Cc1ccc(-c2c(N3c4ccccc4Oc4ccccc43)cc(N3c4ccccc4Oc4ccccc43)c(-c3ccc(C#N)cc3)c2C2CCCCC2)cc1. The Hall–Kier alpha value is -7.28. The maximum absolute atomic E-state index is 9.90. The zero-order valence-corrected chi connectivity index (χ0v) is 30.7. The molecule has 2 heterocycles. The molecule has 0 atom stereocenters. The zero-order chi connectivity index (χ0) is 37.6. The van der Waals surface area contributed by atoms with E-state index in [9.17, 15) is 10.5 Å². The Morgan fingerprint density at radius 2 is 0.786 bits per heavy atom. The first-order valence-electron chi connectivity index (χ1n) is 19.2. The van der Waals surface area contributed by atoms with Crippen LogP contribution in [0, 0.1) is 22.7 Å². The molecule has 6 nitrogen and oxygen atoms in total. The molecule has 7 aromatic carbocycles. The molecule has 7 aromatic rings. The number of ether oxygens (including phenoxy) is 2. The normalized spacial score (nSPS) is 14.2. The van der Waals surface area contributed by atoms with Crippen LogP contribution < -0.4 is 19.3 Å². The Balaban J connectivity index is 1.40. The quantitative estimate of drug-likeness (QED) is 0.176. The molecule has 1 aliphatic carbocycles. The lowest BCUT2D eigenvalue weighted by atomic mass is 9.75. The predicted octanol–water partition coefficient (Wildman–Crippen LogP) is 14.0. The highest BCUT2D eigenvalue weighted by atomic mass is 16.5. The number of hydrogen-bond acceptors (Lipinski definition) is 6. The molecule has 10 rings (SSSR count). The van der Waals surface area contributed by atoms with Crippen molar-refractivity contribution in [2.24, 2.45) is 0 Å². The second kappa shape index (κ2) is 13.9. The van der Waals surface area contributed by atoms with Gasteiger partial charge in [0.25, 0.3) is 0 Å². The second-order valence-electron chi connectivity index (χ2n) is 14.5. The summed E-state index contributed by atoms with van der Waals surface area (Å²) in [7, 11) is 0. The summed E-state index contributed by atoms with van der Waals surface area (Å²) in [5.74, 6) is 3.33. The number of nitriles is 2. The van der Waals surface area contributed by atoms with E-state index in [-0.39, 0.29) is 5.92 Å². The monoisotopic (exact) mass is 724 g/mol. The molecule has 268 valence electrons. The number of hydrogen-bond donors (Lipinski definition) is 0. The van der Waals surface area contributed by atoms with Gasteiger partial charge in [-0.15, -0.1) is 0 Å². The maximum atomic E-state index is 9.90. The van der Waals surface area contributed by atoms with Gasteiger partial charge in [0.05, 0.1) is 57.4 Å². The minimum Gasteiger partial charge on any atom is -0.453 e. The van der Waals surface area contributed by atoms with Crippen molar-refractivity contribution in [3.63, 3.8) is 0 Å². The van der Waals surface area contributed by atoms with E-state index in [1.54, 1.807) is 0 Å². The summed E-state index contributed by atoms with van der Waals surface area (Å²) in [5.41, 5.74) is 12.6. The second-order valence-corrected chi connectivity index (χ2v) is 14.5. The molecule has 1 fully saturated rings. The average molecular weight is 725 g/mol. The highest BCUT2D eigenvalue weighted by Crippen LogP contribution is 2.60. The molecule has 0 spiro atoms. The van der Waals surface area contributed by atoms with Gasteiger partial charge in [0, 0.05) is 11.1 Å². The highest BCUT2D eigenvalue weighted by molar-refractivity contribution is 6.04. The lowest BCUT2D eigenvalue weighted by Crippen LogP contribution is -2.22. The van der Waals surface area contributed by atoms with Crippen molar-refractivity contribution in [2.45, 2.75) is 38.0 Å². The van der Waals surface area contributed by atoms with Crippen LogP contribution in [0.25, 0.3) is 22.3 Å². The molecule has 2 aliphatic heterocycles. The van der Waals surface area contributed by atoms with Gasteiger partial charge >= 0.3 is 0 Å². The van der Waals surface area contributed by atoms with Gasteiger partial charge in [0.15, 0.2) is 23.0 Å². The minimum absolute atomic E-state index is 0.233. The van der Waals surface area contributed by atoms with E-state index in [4.69, 9.17) is 9.47 Å². The van der Waals surface area contributed by atoms with Crippen LogP contribution in [0.4, 0.5) is 34.1 Å². The standard InChI is InChI=1S/C50H36N4O2/c51-31-33-22-26-36(27-23-33)48-42(53-38-14-4-8-18-44(38)55-45-19-9-5-15-39(45)53)30-43(54-40-16-6-10-20-46(40)56-47-21-11-7-17-41(47)54)49(37-28-24-34(32-52)25-29-37)50(48)35-12-2-1-3-13-35/h4-11,14-30,35H,1-3,12-13H2. The number of benzene rings is 7. The maximum Gasteiger partial charge on any atom is 0.151 e. The van der Waals surface area contributed by atoms with Gasteiger partial charge in [-0.3, -0.25) is 0 Å². The summed E-state index contributed by atoms with van der Waals surface area (Å²) in [4.78, 5) is 4.72. The van der Waals surface area contributed by atoms with Crippen molar-refractivity contribution < 1.29 is 9.47 Å². The Bertz CT molecular complexity index is 2450. The summed E-state index contributed by atoms with van der Waals surface area (Å²) in [6.07, 6.45) is 5.56. The molecule has 3 aliphatic rings. The molecule has 1 saturated carbocycles. The molecule has 0 N–H and O–H groups in total. The predicted molar refractivity (Wildman–Crippen MR) is 222 cm³/mol. The molecule has 0 aromatic heterocycles. The van der Waals surface area contributed by atoms with E-state index in [0.717, 1.165) is 105 Å². The number of anilines is 6. The van der Waals surface area contributed by atoms with Gasteiger partial charge in [0.1, 0.15) is 0 Å². The van der Waals surface area contributed by atoms with Crippen molar-refractivity contribution in [3.8, 4) is 57.4 Å². The van der Waals surface area contributed by atoms with Crippen LogP contribution >= 0.6 is 0 Å². The van der Waals surface area contributed by atoms with Crippen LogP contribution in [0.2, 0.25) is 0 Å². The number of rotatable bonds is 5. The Kier molecular flexibility index (Phi) is 8.24. The van der Waals surface area contributed by atoms with Gasteiger partial charge in [-0.05, 0) is 114 Å². The summed E-state index contributed by atoms with van der Waals surface area (Å²) in [6.45, 7) is 0. The molecular formula is C50H36N4O2. The molecule has 0 saturated heterocycles. The van der Waals surface area contributed by atoms with E-state index >= 15 is 0 Å². The molecule has 0 amide bonds. The molecule has 0 unspecified atom stereocenters. The third-order valence-electron chi connectivity index (χ3n) is 11.3. The largest absolute Gasteiger partial charge is 0.453 e. The molecule has 0 bridgehead atoms. The first-order chi connectivity index (χ1) is 27.7. The van der Waals surface area contributed by atoms with Crippen molar-refractivity contribution in [3.05, 3.63) is 168 Å². The van der Waals surface area contributed by atoms with Gasteiger partial charge in [-0.2, -0.15) is 10.5 Å². The Labute approximate surface area is 326 Å². The van der Waals surface area contributed by atoms with E-state index in [0.29, 0.717) is 11.1 Å². The van der Waals surface area contributed by atoms with E-state index in [2.05, 4.69) is 101 Å². The van der Waals surface area contributed by atoms with Crippen LogP contribution in [-0.4, -0.2) is 0 Å². The molecule has 6 heteroatoms. The molecule has 0 radical (unpaired) electrons. The Morgan fingerprint density at radius 3 is 1.14 bits per heavy atom. The van der Waals surface area contributed by atoms with Crippen LogP contribution in [0.3, 0.4) is 0 Å². The van der Waals surface area contributed by atoms with E-state index in [1.807, 2.05) is 72.8 Å². The fourth-order valence-corrected chi connectivity index (χ4v) is 8.78. The highest BCUT2D eigenvalue weighted by Gasteiger charge is 2.36. The number of para-hydroxylation sites is 8. The molecular weight excluding hydrogens is 689 g/mol. The van der Waals surface area contributed by atoms with Crippen molar-refractivity contribution in [1.29, 1.82) is 10.5 Å². The third-order valence-corrected chi connectivity index (χ3v) is 11.3. The third kappa shape index (κ3) is 5.54. The molecule has 56 heavy (non-hydrogen) atoms. The fourth-order valence-electron chi connectivity index (χ4n) is 8.78. The summed E-state index contributed by atoms with van der Waals surface area (Å²) < 4.78 is 13.2. The van der Waals surface area contributed by atoms with Gasteiger partial charge < -0.3 is 19.3 Å². The van der Waals surface area contributed by atoms with Gasteiger partial charge in [-0.1, -0.05) is 92.1 Å². The van der Waals surface area contributed by atoms with E-state index in [1.165, 1.54) is 12.0 Å². The fraction of sp³-hybridized carbons (Fsp3) is 0.120. The first kappa shape index (κ1) is 33.3. The Morgan fingerprint density at radius 1 is 0.429 bits per heavy atom. The van der Waals surface area contributed by atoms with Gasteiger partial charge in [0.2, 0.25) is 0 Å². The van der Waals surface area contributed by atoms with Crippen molar-refractivity contribution in [2.75, 3.05) is 9.80 Å². The van der Waals surface area contributed by atoms with Crippen LogP contribution in [0.1, 0.15) is 54.7 Å². The summed E-state index contributed by atoms with van der Waals surface area (Å²) in [5, 5.41) is 19.8. The van der Waals surface area contributed by atoms with Gasteiger partial charge in [-0.25, -0.2) is 0 Å². The van der Waals surface area contributed by atoms with Crippen molar-refractivity contribution in [1.82, 2.24) is 0 Å². The summed E-state index contributed by atoms with van der Waals surface area (Å²) in [6, 6.07) is 56.0. The number of fused-ring (bicyclic) bond motifs is 4. The lowest BCUT2D eigenvalue weighted by molar-refractivity contribution is 0.445. The van der Waals surface area contributed by atoms with Crippen LogP contribution in [-0.2, 0) is 0 Å². The zero-order valence-electron chi connectivity index (χ0n) is 30.7. The van der Waals surface area contributed by atoms with Crippen LogP contribution in [0.15, 0.2) is 152 Å².